The van der Waals surface area contributed by atoms with Gasteiger partial charge in [0, 0.05) is 37.1 Å². The van der Waals surface area contributed by atoms with E-state index in [4.69, 9.17) is 4.74 Å². The molecular formula is C15H16N6O. The SMILES string of the molecule is COc1cc(CNc2nccn3c(C4CC4)nnc23)ccn1. The van der Waals surface area contributed by atoms with Crippen molar-refractivity contribution in [3.8, 4) is 5.88 Å². The zero-order chi connectivity index (χ0) is 14.9. The lowest BCUT2D eigenvalue weighted by atomic mass is 10.2. The molecule has 1 fully saturated rings. The van der Waals surface area contributed by atoms with E-state index in [1.165, 1.54) is 12.8 Å². The molecule has 1 aliphatic carbocycles. The maximum absolute atomic E-state index is 5.13. The molecule has 0 radical (unpaired) electrons. The number of hydrogen-bond donors (Lipinski definition) is 1. The molecule has 22 heavy (non-hydrogen) atoms. The van der Waals surface area contributed by atoms with E-state index in [0.29, 0.717) is 18.3 Å². The van der Waals surface area contributed by atoms with Crippen LogP contribution < -0.4 is 10.1 Å². The van der Waals surface area contributed by atoms with Gasteiger partial charge in [0.05, 0.1) is 7.11 Å². The third kappa shape index (κ3) is 2.34. The van der Waals surface area contributed by atoms with E-state index in [2.05, 4.69) is 25.5 Å². The van der Waals surface area contributed by atoms with Crippen molar-refractivity contribution in [1.82, 2.24) is 24.6 Å². The van der Waals surface area contributed by atoms with Crippen LogP contribution in [0, 0.1) is 0 Å². The minimum Gasteiger partial charge on any atom is -0.481 e. The van der Waals surface area contributed by atoms with Gasteiger partial charge in [0.25, 0.3) is 0 Å². The number of hydrogen-bond acceptors (Lipinski definition) is 6. The first kappa shape index (κ1) is 13.0. The second-order valence-electron chi connectivity index (χ2n) is 5.36. The van der Waals surface area contributed by atoms with Gasteiger partial charge in [-0.05, 0) is 24.5 Å². The number of anilines is 1. The highest BCUT2D eigenvalue weighted by atomic mass is 16.5. The van der Waals surface area contributed by atoms with E-state index in [0.717, 1.165) is 22.9 Å². The second-order valence-corrected chi connectivity index (χ2v) is 5.36. The molecule has 3 aromatic heterocycles. The molecule has 7 heteroatoms. The number of nitrogens with one attached hydrogen (secondary N) is 1. The van der Waals surface area contributed by atoms with E-state index >= 15 is 0 Å². The largest absolute Gasteiger partial charge is 0.481 e. The first-order valence-corrected chi connectivity index (χ1v) is 7.27. The molecule has 1 saturated carbocycles. The number of aromatic nitrogens is 5. The molecule has 0 saturated heterocycles. The van der Waals surface area contributed by atoms with Gasteiger partial charge in [0.1, 0.15) is 5.82 Å². The van der Waals surface area contributed by atoms with Crippen molar-refractivity contribution >= 4 is 11.5 Å². The highest BCUT2D eigenvalue weighted by molar-refractivity contribution is 5.62. The summed E-state index contributed by atoms with van der Waals surface area (Å²) in [5.41, 5.74) is 1.84. The van der Waals surface area contributed by atoms with Gasteiger partial charge >= 0.3 is 0 Å². The zero-order valence-corrected chi connectivity index (χ0v) is 12.2. The molecule has 4 rings (SSSR count). The molecule has 0 aliphatic heterocycles. The molecule has 0 spiro atoms. The summed E-state index contributed by atoms with van der Waals surface area (Å²) < 4.78 is 7.16. The molecule has 3 aromatic rings. The lowest BCUT2D eigenvalue weighted by molar-refractivity contribution is 0.397. The van der Waals surface area contributed by atoms with Crippen LogP contribution in [0.5, 0.6) is 5.88 Å². The minimum atomic E-state index is 0.551. The van der Waals surface area contributed by atoms with E-state index in [-0.39, 0.29) is 0 Å². The first-order chi connectivity index (χ1) is 10.8. The fourth-order valence-electron chi connectivity index (χ4n) is 2.45. The molecule has 0 atom stereocenters. The minimum absolute atomic E-state index is 0.551. The number of rotatable bonds is 5. The van der Waals surface area contributed by atoms with Gasteiger partial charge in [-0.3, -0.25) is 4.40 Å². The van der Waals surface area contributed by atoms with Crippen molar-refractivity contribution < 1.29 is 4.74 Å². The van der Waals surface area contributed by atoms with Crippen LogP contribution in [0.1, 0.15) is 30.1 Å². The third-order valence-electron chi connectivity index (χ3n) is 3.76. The van der Waals surface area contributed by atoms with Crippen LogP contribution in [0.2, 0.25) is 0 Å². The van der Waals surface area contributed by atoms with Crippen LogP contribution in [-0.4, -0.2) is 31.7 Å². The Hall–Kier alpha value is -2.70. The van der Waals surface area contributed by atoms with Crippen LogP contribution in [0.4, 0.5) is 5.82 Å². The van der Waals surface area contributed by atoms with Crippen molar-refractivity contribution in [2.75, 3.05) is 12.4 Å². The Morgan fingerprint density at radius 3 is 3.00 bits per heavy atom. The Kier molecular flexibility index (Phi) is 3.10. The molecule has 0 amide bonds. The van der Waals surface area contributed by atoms with Crippen molar-refractivity contribution in [3.05, 3.63) is 42.1 Å². The number of methoxy groups -OCH3 is 1. The molecule has 1 N–H and O–H groups in total. The van der Waals surface area contributed by atoms with Gasteiger partial charge < -0.3 is 10.1 Å². The van der Waals surface area contributed by atoms with Crippen LogP contribution >= 0.6 is 0 Å². The quantitative estimate of drug-likeness (QED) is 0.776. The summed E-state index contributed by atoms with van der Waals surface area (Å²) in [5, 5.41) is 11.9. The average Bonchev–Trinajstić information content (AvgIpc) is 3.32. The molecule has 3 heterocycles. The van der Waals surface area contributed by atoms with Crippen LogP contribution in [-0.2, 0) is 6.54 Å². The van der Waals surface area contributed by atoms with Gasteiger partial charge in [0.15, 0.2) is 5.82 Å². The average molecular weight is 296 g/mol. The van der Waals surface area contributed by atoms with Crippen LogP contribution in [0.25, 0.3) is 5.65 Å². The Morgan fingerprint density at radius 1 is 1.27 bits per heavy atom. The lowest BCUT2D eigenvalue weighted by Crippen LogP contribution is -2.04. The van der Waals surface area contributed by atoms with E-state index in [9.17, 15) is 0 Å². The fourth-order valence-corrected chi connectivity index (χ4v) is 2.45. The van der Waals surface area contributed by atoms with Gasteiger partial charge in [-0.1, -0.05) is 0 Å². The standard InChI is InChI=1S/C15H16N6O/c1-22-12-8-10(4-5-16-12)9-18-13-15-20-19-14(11-2-3-11)21(15)7-6-17-13/h4-8,11H,2-3,9H2,1H3,(H,17,18). The second kappa shape index (κ2) is 5.25. The highest BCUT2D eigenvalue weighted by Gasteiger charge is 2.29. The van der Waals surface area contributed by atoms with Crippen molar-refractivity contribution in [2.24, 2.45) is 0 Å². The van der Waals surface area contributed by atoms with E-state index in [1.54, 1.807) is 19.5 Å². The summed E-state index contributed by atoms with van der Waals surface area (Å²) >= 11 is 0. The summed E-state index contributed by atoms with van der Waals surface area (Å²) in [5.74, 6) is 2.92. The summed E-state index contributed by atoms with van der Waals surface area (Å²) in [6, 6.07) is 3.83. The number of nitrogens with zero attached hydrogens (tertiary/aromatic N) is 5. The molecular weight excluding hydrogens is 280 g/mol. The lowest BCUT2D eigenvalue weighted by Gasteiger charge is -2.07. The first-order valence-electron chi connectivity index (χ1n) is 7.27. The normalized spacial score (nSPS) is 14.2. The van der Waals surface area contributed by atoms with Crippen molar-refractivity contribution in [1.29, 1.82) is 0 Å². The summed E-state index contributed by atoms with van der Waals surface area (Å²) in [7, 11) is 1.61. The summed E-state index contributed by atoms with van der Waals surface area (Å²) in [6.45, 7) is 0.622. The smallest absolute Gasteiger partial charge is 0.213 e. The molecule has 0 unspecified atom stereocenters. The van der Waals surface area contributed by atoms with E-state index < -0.39 is 0 Å². The molecule has 7 nitrogen and oxygen atoms in total. The monoisotopic (exact) mass is 296 g/mol. The topological polar surface area (TPSA) is 77.2 Å². The number of fused-ring (bicyclic) bond motifs is 1. The maximum Gasteiger partial charge on any atom is 0.213 e. The molecule has 112 valence electrons. The Labute approximate surface area is 127 Å². The predicted molar refractivity (Wildman–Crippen MR) is 80.9 cm³/mol. The van der Waals surface area contributed by atoms with Crippen LogP contribution in [0.15, 0.2) is 30.7 Å². The summed E-state index contributed by atoms with van der Waals surface area (Å²) in [6.07, 6.45) is 7.82. The predicted octanol–water partition coefficient (Wildman–Crippen LogP) is 2.02. The number of ether oxygens (including phenoxy) is 1. The highest BCUT2D eigenvalue weighted by Crippen LogP contribution is 2.39. The zero-order valence-electron chi connectivity index (χ0n) is 12.2. The van der Waals surface area contributed by atoms with Crippen molar-refractivity contribution in [3.63, 3.8) is 0 Å². The molecule has 1 aliphatic rings. The van der Waals surface area contributed by atoms with Gasteiger partial charge in [-0.25, -0.2) is 9.97 Å². The fraction of sp³-hybridized carbons (Fsp3) is 0.333. The van der Waals surface area contributed by atoms with Gasteiger partial charge in [0.2, 0.25) is 11.5 Å². The van der Waals surface area contributed by atoms with Gasteiger partial charge in [-0.15, -0.1) is 10.2 Å². The summed E-state index contributed by atoms with van der Waals surface area (Å²) in [4.78, 5) is 8.48. The van der Waals surface area contributed by atoms with E-state index in [1.807, 2.05) is 22.7 Å². The molecule has 0 aromatic carbocycles. The molecule has 0 bridgehead atoms. The third-order valence-corrected chi connectivity index (χ3v) is 3.76. The van der Waals surface area contributed by atoms with Gasteiger partial charge in [-0.2, -0.15) is 0 Å². The Bertz CT molecular complexity index is 811. The van der Waals surface area contributed by atoms with Crippen LogP contribution in [0.3, 0.4) is 0 Å². The van der Waals surface area contributed by atoms with Crippen molar-refractivity contribution in [2.45, 2.75) is 25.3 Å². The number of pyridine rings is 1. The Morgan fingerprint density at radius 2 is 2.18 bits per heavy atom. The Balaban J connectivity index is 1.58. The maximum atomic E-state index is 5.13.